The Morgan fingerprint density at radius 2 is 1.75 bits per heavy atom. The Hall–Kier alpha value is -1.56. The summed E-state index contributed by atoms with van der Waals surface area (Å²) in [7, 11) is 0. The molecule has 0 radical (unpaired) electrons. The zero-order valence-electron chi connectivity index (χ0n) is 11.9. The zero-order chi connectivity index (χ0) is 15.7. The Morgan fingerprint density at radius 1 is 1.20 bits per heavy atom. The normalized spacial score (nSPS) is 11.3. The number of halogens is 3. The first kappa shape index (κ1) is 18.4. The van der Waals surface area contributed by atoms with Gasteiger partial charge in [-0.3, -0.25) is 4.79 Å². The Morgan fingerprint density at radius 3 is 2.30 bits per heavy atom. The molecule has 3 nitrogen and oxygen atoms in total. The van der Waals surface area contributed by atoms with Crippen molar-refractivity contribution in [2.45, 2.75) is 39.7 Å². The van der Waals surface area contributed by atoms with Gasteiger partial charge in [-0.25, -0.2) is 13.2 Å². The lowest BCUT2D eigenvalue weighted by Crippen LogP contribution is -2.27. The highest BCUT2D eigenvalue weighted by atomic mass is 19.2. The van der Waals surface area contributed by atoms with E-state index in [9.17, 15) is 18.0 Å². The first-order chi connectivity index (χ1) is 9.43. The number of rotatable bonds is 5. The first-order valence-electron chi connectivity index (χ1n) is 6.48. The summed E-state index contributed by atoms with van der Waals surface area (Å²) in [5.41, 5.74) is 5.55. The SMILES string of the molecule is CC.CCOC(=O)CC(N)Cc1cc(F)c(F)cc1F. The maximum Gasteiger partial charge on any atom is 0.307 e. The van der Waals surface area contributed by atoms with Gasteiger partial charge in [-0.2, -0.15) is 0 Å². The van der Waals surface area contributed by atoms with Gasteiger partial charge in [-0.05, 0) is 25.0 Å². The Bertz CT molecular complexity index is 439. The average Bonchev–Trinajstić information content (AvgIpc) is 2.38. The molecule has 1 unspecified atom stereocenters. The van der Waals surface area contributed by atoms with Crippen molar-refractivity contribution in [3.63, 3.8) is 0 Å². The van der Waals surface area contributed by atoms with Gasteiger partial charge in [-0.15, -0.1) is 0 Å². The summed E-state index contributed by atoms with van der Waals surface area (Å²) >= 11 is 0. The second-order valence-electron chi connectivity index (χ2n) is 3.83. The highest BCUT2D eigenvalue weighted by molar-refractivity contribution is 5.70. The number of carbonyl (C=O) groups is 1. The van der Waals surface area contributed by atoms with Crippen molar-refractivity contribution >= 4 is 5.97 Å². The molecular weight excluding hydrogens is 271 g/mol. The first-order valence-corrected chi connectivity index (χ1v) is 6.48. The number of hydrogen-bond acceptors (Lipinski definition) is 3. The molecule has 0 saturated carbocycles. The van der Waals surface area contributed by atoms with Crippen molar-refractivity contribution in [3.05, 3.63) is 35.1 Å². The zero-order valence-corrected chi connectivity index (χ0v) is 11.9. The summed E-state index contributed by atoms with van der Waals surface area (Å²) < 4.78 is 43.6. The Balaban J connectivity index is 0.00000172. The van der Waals surface area contributed by atoms with Gasteiger partial charge in [0.1, 0.15) is 5.82 Å². The van der Waals surface area contributed by atoms with Crippen LogP contribution >= 0.6 is 0 Å². The standard InChI is InChI=1S/C12H14F3NO2.C2H6/c1-2-18-12(17)5-8(16)3-7-4-10(14)11(15)6-9(7)13;1-2/h4,6,8H,2-3,5,16H2,1H3;1-2H3. The number of benzene rings is 1. The van der Waals surface area contributed by atoms with Crippen LogP contribution in [-0.2, 0) is 16.0 Å². The summed E-state index contributed by atoms with van der Waals surface area (Å²) in [4.78, 5) is 11.1. The second-order valence-corrected chi connectivity index (χ2v) is 3.83. The van der Waals surface area contributed by atoms with Crippen LogP contribution in [-0.4, -0.2) is 18.6 Å². The average molecular weight is 291 g/mol. The lowest BCUT2D eigenvalue weighted by atomic mass is 10.0. The fourth-order valence-electron chi connectivity index (χ4n) is 1.51. The van der Waals surface area contributed by atoms with Gasteiger partial charge in [0, 0.05) is 12.1 Å². The van der Waals surface area contributed by atoms with Gasteiger partial charge in [0.2, 0.25) is 0 Å². The summed E-state index contributed by atoms with van der Waals surface area (Å²) in [6.45, 7) is 5.88. The molecule has 2 N–H and O–H groups in total. The Kier molecular flexibility index (Phi) is 8.63. The summed E-state index contributed by atoms with van der Waals surface area (Å²) in [5.74, 6) is -3.79. The van der Waals surface area contributed by atoms with Gasteiger partial charge in [0.15, 0.2) is 11.6 Å². The third kappa shape index (κ3) is 6.06. The van der Waals surface area contributed by atoms with Crippen LogP contribution in [0.2, 0.25) is 0 Å². The predicted octanol–water partition coefficient (Wildman–Crippen LogP) is 2.95. The lowest BCUT2D eigenvalue weighted by molar-refractivity contribution is -0.143. The van der Waals surface area contributed by atoms with Crippen LogP contribution in [0.15, 0.2) is 12.1 Å². The van der Waals surface area contributed by atoms with Crippen LogP contribution < -0.4 is 5.73 Å². The Labute approximate surface area is 116 Å². The van der Waals surface area contributed by atoms with Gasteiger partial charge < -0.3 is 10.5 Å². The van der Waals surface area contributed by atoms with Gasteiger partial charge in [-0.1, -0.05) is 13.8 Å². The van der Waals surface area contributed by atoms with Crippen molar-refractivity contribution in [2.24, 2.45) is 5.73 Å². The van der Waals surface area contributed by atoms with E-state index >= 15 is 0 Å². The van der Waals surface area contributed by atoms with E-state index in [0.29, 0.717) is 6.07 Å². The molecule has 1 aromatic carbocycles. The molecule has 0 amide bonds. The second kappa shape index (κ2) is 9.36. The van der Waals surface area contributed by atoms with E-state index in [4.69, 9.17) is 5.73 Å². The van der Waals surface area contributed by atoms with E-state index in [1.807, 2.05) is 13.8 Å². The largest absolute Gasteiger partial charge is 0.466 e. The van der Waals surface area contributed by atoms with Gasteiger partial charge in [0.25, 0.3) is 0 Å². The van der Waals surface area contributed by atoms with E-state index in [-0.39, 0.29) is 25.0 Å². The monoisotopic (exact) mass is 291 g/mol. The third-order valence-electron chi connectivity index (χ3n) is 2.31. The van der Waals surface area contributed by atoms with Crippen LogP contribution in [0, 0.1) is 17.5 Å². The molecule has 6 heteroatoms. The minimum atomic E-state index is -1.25. The fraction of sp³-hybridized carbons (Fsp3) is 0.500. The molecule has 20 heavy (non-hydrogen) atoms. The number of hydrogen-bond donors (Lipinski definition) is 1. The van der Waals surface area contributed by atoms with Crippen molar-refractivity contribution < 1.29 is 22.7 Å². The minimum absolute atomic E-state index is 0.0642. The predicted molar refractivity (Wildman–Crippen MR) is 70.6 cm³/mol. The highest BCUT2D eigenvalue weighted by Gasteiger charge is 2.15. The minimum Gasteiger partial charge on any atom is -0.466 e. The summed E-state index contributed by atoms with van der Waals surface area (Å²) in [6.07, 6.45) is -0.172. The molecule has 0 aromatic heterocycles. The number of esters is 1. The fourth-order valence-corrected chi connectivity index (χ4v) is 1.51. The number of nitrogens with two attached hydrogens (primary N) is 1. The van der Waals surface area contributed by atoms with E-state index in [1.165, 1.54) is 0 Å². The van der Waals surface area contributed by atoms with E-state index in [2.05, 4.69) is 4.74 Å². The molecular formula is C14H20F3NO2. The maximum absolute atomic E-state index is 13.3. The molecule has 0 aliphatic carbocycles. The molecule has 0 heterocycles. The summed E-state index contributed by atoms with van der Waals surface area (Å²) in [5, 5.41) is 0. The molecule has 114 valence electrons. The van der Waals surface area contributed by atoms with Crippen LogP contribution in [0.4, 0.5) is 13.2 Å². The summed E-state index contributed by atoms with van der Waals surface area (Å²) in [6, 6.07) is 0.501. The van der Waals surface area contributed by atoms with E-state index < -0.39 is 29.5 Å². The molecule has 0 spiro atoms. The van der Waals surface area contributed by atoms with Crippen molar-refractivity contribution in [1.82, 2.24) is 0 Å². The van der Waals surface area contributed by atoms with Gasteiger partial charge in [0.05, 0.1) is 13.0 Å². The van der Waals surface area contributed by atoms with Crippen LogP contribution in [0.5, 0.6) is 0 Å². The number of carbonyl (C=O) groups excluding carboxylic acids is 1. The lowest BCUT2D eigenvalue weighted by Gasteiger charge is -2.11. The third-order valence-corrected chi connectivity index (χ3v) is 2.31. The van der Waals surface area contributed by atoms with Crippen molar-refractivity contribution in [3.8, 4) is 0 Å². The molecule has 1 rings (SSSR count). The molecule has 1 atom stereocenters. The van der Waals surface area contributed by atoms with Crippen LogP contribution in [0.1, 0.15) is 32.8 Å². The van der Waals surface area contributed by atoms with Crippen LogP contribution in [0.3, 0.4) is 0 Å². The van der Waals surface area contributed by atoms with Crippen molar-refractivity contribution in [1.29, 1.82) is 0 Å². The molecule has 0 saturated heterocycles. The quantitative estimate of drug-likeness (QED) is 0.670. The molecule has 0 aliphatic rings. The maximum atomic E-state index is 13.3. The van der Waals surface area contributed by atoms with E-state index in [1.54, 1.807) is 6.92 Å². The van der Waals surface area contributed by atoms with Gasteiger partial charge >= 0.3 is 5.97 Å². The van der Waals surface area contributed by atoms with Crippen molar-refractivity contribution in [2.75, 3.05) is 6.61 Å². The molecule has 0 aliphatic heterocycles. The van der Waals surface area contributed by atoms with Crippen LogP contribution in [0.25, 0.3) is 0 Å². The molecule has 0 fully saturated rings. The smallest absolute Gasteiger partial charge is 0.307 e. The molecule has 1 aromatic rings. The number of ether oxygens (including phenoxy) is 1. The highest BCUT2D eigenvalue weighted by Crippen LogP contribution is 2.15. The molecule has 0 bridgehead atoms. The van der Waals surface area contributed by atoms with E-state index in [0.717, 1.165) is 6.07 Å². The topological polar surface area (TPSA) is 52.3 Å².